The minimum absolute atomic E-state index is 0.00683. The van der Waals surface area contributed by atoms with Gasteiger partial charge in [-0.2, -0.15) is 0 Å². The molecular weight excluding hydrogens is 260 g/mol. The second-order valence-electron chi connectivity index (χ2n) is 6.10. The summed E-state index contributed by atoms with van der Waals surface area (Å²) in [6.45, 7) is 2.49. The third kappa shape index (κ3) is 2.42. The van der Waals surface area contributed by atoms with Gasteiger partial charge < -0.3 is 11.1 Å². The van der Waals surface area contributed by atoms with Crippen molar-refractivity contribution < 1.29 is 4.79 Å². The molecule has 2 aromatic rings. The number of hydrogen-bond acceptors (Lipinski definition) is 2. The summed E-state index contributed by atoms with van der Waals surface area (Å²) in [7, 11) is 0. The van der Waals surface area contributed by atoms with Crippen LogP contribution in [0.5, 0.6) is 0 Å². The van der Waals surface area contributed by atoms with E-state index in [0.717, 1.165) is 24.8 Å². The van der Waals surface area contributed by atoms with Gasteiger partial charge in [0.15, 0.2) is 0 Å². The fourth-order valence-electron chi connectivity index (χ4n) is 3.18. The van der Waals surface area contributed by atoms with Crippen molar-refractivity contribution in [2.75, 3.05) is 6.54 Å². The molecule has 0 aliphatic heterocycles. The van der Waals surface area contributed by atoms with Gasteiger partial charge in [-0.1, -0.05) is 48.9 Å². The van der Waals surface area contributed by atoms with E-state index >= 15 is 0 Å². The molecule has 0 aromatic heterocycles. The Kier molecular flexibility index (Phi) is 3.68. The molecule has 1 unspecified atom stereocenters. The maximum absolute atomic E-state index is 12.5. The first-order valence-corrected chi connectivity index (χ1v) is 7.65. The van der Waals surface area contributed by atoms with E-state index < -0.39 is 0 Å². The average Bonchev–Trinajstić information content (AvgIpc) is 2.46. The van der Waals surface area contributed by atoms with Crippen molar-refractivity contribution in [3.05, 3.63) is 48.0 Å². The molecular formula is C18H22N2O. The fourth-order valence-corrected chi connectivity index (χ4v) is 3.18. The molecule has 1 aliphatic rings. The monoisotopic (exact) mass is 282 g/mol. The van der Waals surface area contributed by atoms with Gasteiger partial charge in [-0.3, -0.25) is 4.79 Å². The highest BCUT2D eigenvalue weighted by atomic mass is 16.2. The van der Waals surface area contributed by atoms with Crippen molar-refractivity contribution in [3.63, 3.8) is 0 Å². The molecule has 3 heteroatoms. The molecule has 1 saturated carbocycles. The molecule has 0 bridgehead atoms. The molecule has 110 valence electrons. The number of rotatable bonds is 4. The van der Waals surface area contributed by atoms with Crippen LogP contribution in [-0.2, 0) is 4.79 Å². The molecule has 1 fully saturated rings. The van der Waals surface area contributed by atoms with E-state index in [1.54, 1.807) is 0 Å². The molecule has 3 N–H and O–H groups in total. The Balaban J connectivity index is 1.84. The van der Waals surface area contributed by atoms with Gasteiger partial charge in [-0.15, -0.1) is 0 Å². The van der Waals surface area contributed by atoms with E-state index in [0.29, 0.717) is 6.54 Å². The zero-order chi connectivity index (χ0) is 14.9. The van der Waals surface area contributed by atoms with E-state index in [9.17, 15) is 4.79 Å². The second-order valence-corrected chi connectivity index (χ2v) is 6.10. The Morgan fingerprint density at radius 2 is 1.95 bits per heavy atom. The number of nitrogens with two attached hydrogens (primary N) is 1. The SMILES string of the molecule is CC(NC(=O)C1(CN)CCC1)c1cccc2ccccc12. The maximum Gasteiger partial charge on any atom is 0.227 e. The summed E-state index contributed by atoms with van der Waals surface area (Å²) >= 11 is 0. The van der Waals surface area contributed by atoms with Crippen LogP contribution in [0.15, 0.2) is 42.5 Å². The first-order chi connectivity index (χ1) is 10.2. The molecule has 0 heterocycles. The number of nitrogens with one attached hydrogen (secondary N) is 1. The van der Waals surface area contributed by atoms with Gasteiger partial charge in [0.2, 0.25) is 5.91 Å². The lowest BCUT2D eigenvalue weighted by Gasteiger charge is -2.40. The van der Waals surface area contributed by atoms with Crippen LogP contribution in [-0.4, -0.2) is 12.5 Å². The van der Waals surface area contributed by atoms with Crippen LogP contribution in [0.3, 0.4) is 0 Å². The topological polar surface area (TPSA) is 55.1 Å². The van der Waals surface area contributed by atoms with E-state index in [-0.39, 0.29) is 17.4 Å². The number of carbonyl (C=O) groups is 1. The van der Waals surface area contributed by atoms with Gasteiger partial charge in [0.25, 0.3) is 0 Å². The average molecular weight is 282 g/mol. The quantitative estimate of drug-likeness (QED) is 0.905. The van der Waals surface area contributed by atoms with Crippen LogP contribution < -0.4 is 11.1 Å². The highest BCUT2D eigenvalue weighted by Crippen LogP contribution is 2.40. The van der Waals surface area contributed by atoms with Crippen molar-refractivity contribution in [2.24, 2.45) is 11.1 Å². The molecule has 0 spiro atoms. The molecule has 3 rings (SSSR count). The summed E-state index contributed by atoms with van der Waals surface area (Å²) in [5, 5.41) is 5.56. The first-order valence-electron chi connectivity index (χ1n) is 7.65. The van der Waals surface area contributed by atoms with Gasteiger partial charge in [0, 0.05) is 6.54 Å². The Morgan fingerprint density at radius 3 is 2.62 bits per heavy atom. The number of amides is 1. The lowest BCUT2D eigenvalue weighted by molar-refractivity contribution is -0.135. The van der Waals surface area contributed by atoms with Gasteiger partial charge in [-0.05, 0) is 36.1 Å². The maximum atomic E-state index is 12.5. The summed E-state index contributed by atoms with van der Waals surface area (Å²) in [6, 6.07) is 14.5. The van der Waals surface area contributed by atoms with E-state index in [2.05, 4.69) is 29.6 Å². The van der Waals surface area contributed by atoms with Gasteiger partial charge in [0.05, 0.1) is 11.5 Å². The van der Waals surface area contributed by atoms with Gasteiger partial charge >= 0.3 is 0 Å². The summed E-state index contributed by atoms with van der Waals surface area (Å²) in [5.41, 5.74) is 6.65. The molecule has 1 amide bonds. The smallest absolute Gasteiger partial charge is 0.227 e. The number of hydrogen-bond donors (Lipinski definition) is 2. The standard InChI is InChI=1S/C18H22N2O/c1-13(20-17(21)18(12-19)10-5-11-18)15-9-4-7-14-6-2-3-8-16(14)15/h2-4,6-9,13H,5,10-12,19H2,1H3,(H,20,21). The molecule has 2 aromatic carbocycles. The second kappa shape index (κ2) is 5.49. The van der Waals surface area contributed by atoms with Crippen molar-refractivity contribution >= 4 is 16.7 Å². The Bertz CT molecular complexity index is 650. The molecule has 21 heavy (non-hydrogen) atoms. The summed E-state index contributed by atoms with van der Waals surface area (Å²) in [5.74, 6) is 0.108. The molecule has 0 radical (unpaired) electrons. The molecule has 1 aliphatic carbocycles. The highest BCUT2D eigenvalue weighted by Gasteiger charge is 2.43. The molecule has 1 atom stereocenters. The largest absolute Gasteiger partial charge is 0.349 e. The van der Waals surface area contributed by atoms with Crippen molar-refractivity contribution in [2.45, 2.75) is 32.2 Å². The zero-order valence-corrected chi connectivity index (χ0v) is 12.4. The van der Waals surface area contributed by atoms with Gasteiger partial charge in [-0.25, -0.2) is 0 Å². The van der Waals surface area contributed by atoms with E-state index in [1.165, 1.54) is 10.8 Å². The summed E-state index contributed by atoms with van der Waals surface area (Å²) in [6.07, 6.45) is 2.93. The molecule has 3 nitrogen and oxygen atoms in total. The number of carbonyl (C=O) groups excluding carboxylic acids is 1. The highest BCUT2D eigenvalue weighted by molar-refractivity contribution is 5.88. The fraction of sp³-hybridized carbons (Fsp3) is 0.389. The van der Waals surface area contributed by atoms with Crippen LogP contribution >= 0.6 is 0 Å². The Labute approximate surface area is 125 Å². The number of fused-ring (bicyclic) bond motifs is 1. The van der Waals surface area contributed by atoms with E-state index in [1.807, 2.05) is 25.1 Å². The Hall–Kier alpha value is -1.87. The third-order valence-corrected chi connectivity index (χ3v) is 4.82. The third-order valence-electron chi connectivity index (χ3n) is 4.82. The lowest BCUT2D eigenvalue weighted by atomic mass is 9.68. The van der Waals surface area contributed by atoms with E-state index in [4.69, 9.17) is 5.73 Å². The van der Waals surface area contributed by atoms with Crippen LogP contribution in [0.1, 0.15) is 37.8 Å². The van der Waals surface area contributed by atoms with Crippen LogP contribution in [0.25, 0.3) is 10.8 Å². The van der Waals surface area contributed by atoms with Crippen LogP contribution in [0, 0.1) is 5.41 Å². The minimum Gasteiger partial charge on any atom is -0.349 e. The minimum atomic E-state index is -0.321. The normalized spacial score (nSPS) is 18.0. The predicted molar refractivity (Wildman–Crippen MR) is 85.8 cm³/mol. The molecule has 0 saturated heterocycles. The van der Waals surface area contributed by atoms with Crippen molar-refractivity contribution in [3.8, 4) is 0 Å². The zero-order valence-electron chi connectivity index (χ0n) is 12.4. The van der Waals surface area contributed by atoms with Crippen molar-refractivity contribution in [1.82, 2.24) is 5.32 Å². The number of benzene rings is 2. The van der Waals surface area contributed by atoms with Crippen LogP contribution in [0.4, 0.5) is 0 Å². The summed E-state index contributed by atoms with van der Waals surface area (Å²) < 4.78 is 0. The van der Waals surface area contributed by atoms with Gasteiger partial charge in [0.1, 0.15) is 0 Å². The summed E-state index contributed by atoms with van der Waals surface area (Å²) in [4.78, 5) is 12.5. The van der Waals surface area contributed by atoms with Crippen LogP contribution in [0.2, 0.25) is 0 Å². The van der Waals surface area contributed by atoms with Crippen molar-refractivity contribution in [1.29, 1.82) is 0 Å². The Morgan fingerprint density at radius 1 is 1.24 bits per heavy atom. The lowest BCUT2D eigenvalue weighted by Crippen LogP contribution is -2.50. The predicted octanol–water partition coefficient (Wildman–Crippen LogP) is 3.15. The first kappa shape index (κ1) is 14.1.